The summed E-state index contributed by atoms with van der Waals surface area (Å²) in [5.41, 5.74) is 2.91. The van der Waals surface area contributed by atoms with Crippen LogP contribution in [-0.4, -0.2) is 18.5 Å². The van der Waals surface area contributed by atoms with Crippen molar-refractivity contribution in [2.24, 2.45) is 0 Å². The molecule has 2 aromatic carbocycles. The van der Waals surface area contributed by atoms with Crippen LogP contribution in [0.25, 0.3) is 0 Å². The van der Waals surface area contributed by atoms with Gasteiger partial charge in [0.25, 0.3) is 0 Å². The van der Waals surface area contributed by atoms with E-state index in [2.05, 4.69) is 60.7 Å². The highest BCUT2D eigenvalue weighted by atomic mass is 32.2. The Kier molecular flexibility index (Phi) is 4.77. The average molecular weight is 285 g/mol. The Morgan fingerprint density at radius 3 is 1.85 bits per heavy atom. The van der Waals surface area contributed by atoms with Crippen LogP contribution in [0.5, 0.6) is 0 Å². The SMILES string of the molecule is c1ccc(C[S+](Cc2ccccc2)C2CCOC2)cc1. The lowest BCUT2D eigenvalue weighted by molar-refractivity contribution is 0.199. The molecule has 1 nitrogen and oxygen atoms in total. The average Bonchev–Trinajstić information content (AvgIpc) is 3.03. The van der Waals surface area contributed by atoms with Crippen molar-refractivity contribution < 1.29 is 4.74 Å². The second kappa shape index (κ2) is 6.96. The normalized spacial score (nSPS) is 18.6. The zero-order chi connectivity index (χ0) is 13.6. The van der Waals surface area contributed by atoms with Gasteiger partial charge < -0.3 is 4.74 Å². The largest absolute Gasteiger partial charge is 0.376 e. The van der Waals surface area contributed by atoms with E-state index in [1.165, 1.54) is 29.1 Å². The number of benzene rings is 2. The molecule has 0 aliphatic carbocycles. The molecule has 104 valence electrons. The van der Waals surface area contributed by atoms with Crippen LogP contribution in [0, 0.1) is 0 Å². The summed E-state index contributed by atoms with van der Waals surface area (Å²) in [7, 11) is 0.373. The first-order chi connectivity index (χ1) is 9.92. The zero-order valence-corrected chi connectivity index (χ0v) is 12.5. The van der Waals surface area contributed by atoms with Gasteiger partial charge in [0, 0.05) is 28.4 Å². The molecule has 0 amide bonds. The molecule has 0 aromatic heterocycles. The van der Waals surface area contributed by atoms with Crippen molar-refractivity contribution in [1.82, 2.24) is 0 Å². The number of ether oxygens (including phenoxy) is 1. The molecule has 1 heterocycles. The second-order valence-corrected chi connectivity index (χ2v) is 7.60. The molecule has 1 fully saturated rings. The summed E-state index contributed by atoms with van der Waals surface area (Å²) in [4.78, 5) is 0. The molecular formula is C18H21OS+. The molecule has 1 saturated heterocycles. The Labute approximate surface area is 124 Å². The predicted molar refractivity (Wildman–Crippen MR) is 86.9 cm³/mol. The molecule has 0 radical (unpaired) electrons. The van der Waals surface area contributed by atoms with Gasteiger partial charge in [-0.05, 0) is 0 Å². The van der Waals surface area contributed by atoms with Crippen LogP contribution in [-0.2, 0) is 27.1 Å². The van der Waals surface area contributed by atoms with Gasteiger partial charge in [0.05, 0.1) is 13.2 Å². The molecule has 20 heavy (non-hydrogen) atoms. The van der Waals surface area contributed by atoms with Crippen LogP contribution in [0.4, 0.5) is 0 Å². The molecule has 0 saturated carbocycles. The lowest BCUT2D eigenvalue weighted by Crippen LogP contribution is -2.25. The molecule has 0 spiro atoms. The van der Waals surface area contributed by atoms with Crippen LogP contribution in [0.2, 0.25) is 0 Å². The third kappa shape index (κ3) is 3.65. The van der Waals surface area contributed by atoms with Crippen LogP contribution < -0.4 is 0 Å². The molecule has 1 unspecified atom stereocenters. The van der Waals surface area contributed by atoms with Gasteiger partial charge in [0.2, 0.25) is 0 Å². The van der Waals surface area contributed by atoms with Gasteiger partial charge in [-0.2, -0.15) is 0 Å². The molecule has 2 heteroatoms. The monoisotopic (exact) mass is 285 g/mol. The molecule has 2 aromatic rings. The summed E-state index contributed by atoms with van der Waals surface area (Å²) in [5, 5.41) is 0.732. The Balaban J connectivity index is 1.73. The first kappa shape index (κ1) is 13.7. The highest BCUT2D eigenvalue weighted by Crippen LogP contribution is 2.24. The first-order valence-electron chi connectivity index (χ1n) is 7.24. The van der Waals surface area contributed by atoms with E-state index >= 15 is 0 Å². The summed E-state index contributed by atoms with van der Waals surface area (Å²) in [6.45, 7) is 1.89. The summed E-state index contributed by atoms with van der Waals surface area (Å²) in [6.07, 6.45) is 1.22. The lowest BCUT2D eigenvalue weighted by Gasteiger charge is -2.14. The van der Waals surface area contributed by atoms with Gasteiger partial charge in [-0.3, -0.25) is 0 Å². The molecule has 1 aliphatic heterocycles. The molecule has 1 atom stereocenters. The maximum atomic E-state index is 5.62. The molecule has 3 rings (SSSR count). The van der Waals surface area contributed by atoms with E-state index in [1.807, 2.05) is 0 Å². The van der Waals surface area contributed by atoms with E-state index in [1.54, 1.807) is 0 Å². The standard InChI is InChI=1S/C18H21OS/c1-3-7-16(8-4-1)14-20(18-11-12-19-13-18)15-17-9-5-2-6-10-17/h1-10,18H,11-15H2/q+1. The topological polar surface area (TPSA) is 9.23 Å². The van der Waals surface area contributed by atoms with Gasteiger partial charge in [-0.1, -0.05) is 60.7 Å². The van der Waals surface area contributed by atoms with Gasteiger partial charge >= 0.3 is 0 Å². The Bertz CT molecular complexity index is 464. The molecule has 1 aliphatic rings. The summed E-state index contributed by atoms with van der Waals surface area (Å²) >= 11 is 0. The number of hydrogen-bond donors (Lipinski definition) is 0. The predicted octanol–water partition coefficient (Wildman–Crippen LogP) is 3.79. The Morgan fingerprint density at radius 1 is 0.850 bits per heavy atom. The fourth-order valence-corrected chi connectivity index (χ4v) is 5.17. The Morgan fingerprint density at radius 2 is 1.40 bits per heavy atom. The van der Waals surface area contributed by atoms with Crippen molar-refractivity contribution >= 4 is 10.9 Å². The van der Waals surface area contributed by atoms with E-state index < -0.39 is 0 Å². The fraction of sp³-hybridized carbons (Fsp3) is 0.333. The maximum Gasteiger partial charge on any atom is 0.144 e. The van der Waals surface area contributed by atoms with Crippen molar-refractivity contribution in [3.8, 4) is 0 Å². The number of rotatable bonds is 5. The molecular weight excluding hydrogens is 264 g/mol. The van der Waals surface area contributed by atoms with Crippen molar-refractivity contribution in [3.05, 3.63) is 71.8 Å². The third-order valence-electron chi connectivity index (χ3n) is 3.75. The quantitative estimate of drug-likeness (QED) is 0.759. The van der Waals surface area contributed by atoms with Crippen molar-refractivity contribution in [1.29, 1.82) is 0 Å². The van der Waals surface area contributed by atoms with Crippen LogP contribution in [0.15, 0.2) is 60.7 Å². The van der Waals surface area contributed by atoms with Crippen LogP contribution in [0.1, 0.15) is 17.5 Å². The minimum Gasteiger partial charge on any atom is -0.376 e. The van der Waals surface area contributed by atoms with E-state index in [4.69, 9.17) is 4.74 Å². The first-order valence-corrected chi connectivity index (χ1v) is 8.86. The van der Waals surface area contributed by atoms with Gasteiger partial charge in [0.1, 0.15) is 16.8 Å². The minimum atomic E-state index is 0.373. The maximum absolute atomic E-state index is 5.62. The van der Waals surface area contributed by atoms with Gasteiger partial charge in [-0.25, -0.2) is 0 Å². The van der Waals surface area contributed by atoms with Crippen LogP contribution in [0.3, 0.4) is 0 Å². The molecule has 0 bridgehead atoms. The third-order valence-corrected chi connectivity index (χ3v) is 6.47. The smallest absolute Gasteiger partial charge is 0.144 e. The van der Waals surface area contributed by atoms with Crippen molar-refractivity contribution in [2.45, 2.75) is 23.2 Å². The van der Waals surface area contributed by atoms with E-state index in [9.17, 15) is 0 Å². The Hall–Kier alpha value is -1.25. The highest BCUT2D eigenvalue weighted by molar-refractivity contribution is 7.96. The summed E-state index contributed by atoms with van der Waals surface area (Å²) in [6, 6.07) is 21.8. The van der Waals surface area contributed by atoms with Crippen molar-refractivity contribution in [3.63, 3.8) is 0 Å². The summed E-state index contributed by atoms with van der Waals surface area (Å²) < 4.78 is 5.62. The second-order valence-electron chi connectivity index (χ2n) is 5.28. The number of hydrogen-bond acceptors (Lipinski definition) is 1. The van der Waals surface area contributed by atoms with E-state index in [0.29, 0.717) is 10.9 Å². The van der Waals surface area contributed by atoms with Gasteiger partial charge in [0.15, 0.2) is 0 Å². The highest BCUT2D eigenvalue weighted by Gasteiger charge is 2.34. The zero-order valence-electron chi connectivity index (χ0n) is 11.7. The fourth-order valence-electron chi connectivity index (χ4n) is 2.64. The van der Waals surface area contributed by atoms with Gasteiger partial charge in [-0.15, -0.1) is 0 Å². The van der Waals surface area contributed by atoms with Crippen molar-refractivity contribution in [2.75, 3.05) is 13.2 Å². The van der Waals surface area contributed by atoms with Crippen LogP contribution >= 0.6 is 0 Å². The summed E-state index contributed by atoms with van der Waals surface area (Å²) in [5.74, 6) is 2.37. The molecule has 0 N–H and O–H groups in total. The van der Waals surface area contributed by atoms with E-state index in [-0.39, 0.29) is 0 Å². The van der Waals surface area contributed by atoms with E-state index in [0.717, 1.165) is 18.5 Å². The minimum absolute atomic E-state index is 0.373. The lowest BCUT2D eigenvalue weighted by atomic mass is 10.2.